The molecule has 1 aromatic rings. The quantitative estimate of drug-likeness (QED) is 0.812. The minimum Gasteiger partial charge on any atom is -0.313 e. The van der Waals surface area contributed by atoms with Gasteiger partial charge in [-0.05, 0) is 51.3 Å². The molecule has 1 N–H and O–H groups in total. The fourth-order valence-electron chi connectivity index (χ4n) is 2.71. The van der Waals surface area contributed by atoms with Crippen molar-refractivity contribution >= 4 is 0 Å². The molecule has 19 heavy (non-hydrogen) atoms. The first kappa shape index (κ1) is 14.2. The van der Waals surface area contributed by atoms with Gasteiger partial charge >= 0.3 is 0 Å². The van der Waals surface area contributed by atoms with Gasteiger partial charge in [-0.2, -0.15) is 0 Å². The molecule has 0 spiro atoms. The van der Waals surface area contributed by atoms with Crippen LogP contribution >= 0.6 is 0 Å². The van der Waals surface area contributed by atoms with Crippen LogP contribution in [0.3, 0.4) is 0 Å². The maximum atomic E-state index is 13.7. The number of hydrogen-bond donors (Lipinski definition) is 1. The van der Waals surface area contributed by atoms with E-state index in [-0.39, 0.29) is 11.6 Å². The molecule has 0 fully saturated rings. The molecule has 0 bridgehead atoms. The van der Waals surface area contributed by atoms with Crippen LogP contribution in [0.1, 0.15) is 37.7 Å². The molecule has 1 nitrogen and oxygen atoms in total. The summed E-state index contributed by atoms with van der Waals surface area (Å²) < 4.78 is 27.4. The zero-order valence-corrected chi connectivity index (χ0v) is 11.4. The van der Waals surface area contributed by atoms with Crippen LogP contribution in [0.2, 0.25) is 0 Å². The zero-order valence-electron chi connectivity index (χ0n) is 11.4. The van der Waals surface area contributed by atoms with Gasteiger partial charge in [-0.3, -0.25) is 0 Å². The van der Waals surface area contributed by atoms with Gasteiger partial charge in [0, 0.05) is 11.6 Å². The van der Waals surface area contributed by atoms with Gasteiger partial charge in [-0.25, -0.2) is 8.78 Å². The summed E-state index contributed by atoms with van der Waals surface area (Å²) in [5, 5.41) is 3.20. The molecule has 1 aliphatic carbocycles. The van der Waals surface area contributed by atoms with Crippen molar-refractivity contribution in [1.29, 1.82) is 0 Å². The minimum absolute atomic E-state index is 0.0319. The second-order valence-corrected chi connectivity index (χ2v) is 5.12. The Bertz CT molecular complexity index is 434. The molecule has 1 atom stereocenters. The summed E-state index contributed by atoms with van der Waals surface area (Å²) in [6.45, 7) is 0. The number of rotatable bonds is 4. The van der Waals surface area contributed by atoms with Crippen molar-refractivity contribution in [3.8, 4) is 0 Å². The monoisotopic (exact) mass is 265 g/mol. The Hall–Kier alpha value is -1.22. The number of nitrogens with one attached hydrogen (secondary N) is 1. The highest BCUT2D eigenvalue weighted by molar-refractivity contribution is 5.24. The van der Waals surface area contributed by atoms with Crippen LogP contribution < -0.4 is 5.32 Å². The Morgan fingerprint density at radius 2 is 1.89 bits per heavy atom. The number of hydrogen-bond acceptors (Lipinski definition) is 1. The fraction of sp³-hybridized carbons (Fsp3) is 0.500. The van der Waals surface area contributed by atoms with Gasteiger partial charge in [0.05, 0.1) is 0 Å². The van der Waals surface area contributed by atoms with Crippen molar-refractivity contribution < 1.29 is 8.78 Å². The van der Waals surface area contributed by atoms with E-state index in [9.17, 15) is 8.78 Å². The molecule has 0 saturated heterocycles. The van der Waals surface area contributed by atoms with Gasteiger partial charge in [0.1, 0.15) is 11.6 Å². The summed E-state index contributed by atoms with van der Waals surface area (Å²) >= 11 is 0. The van der Waals surface area contributed by atoms with Crippen molar-refractivity contribution in [3.63, 3.8) is 0 Å². The molecule has 0 aromatic heterocycles. The second kappa shape index (κ2) is 6.80. The largest absolute Gasteiger partial charge is 0.313 e. The Morgan fingerprint density at radius 1 is 1.16 bits per heavy atom. The van der Waals surface area contributed by atoms with E-state index < -0.39 is 11.6 Å². The van der Waals surface area contributed by atoms with Crippen LogP contribution in [0, 0.1) is 11.6 Å². The van der Waals surface area contributed by atoms with Crippen molar-refractivity contribution in [2.75, 3.05) is 7.05 Å². The Morgan fingerprint density at radius 3 is 2.58 bits per heavy atom. The molecule has 104 valence electrons. The van der Waals surface area contributed by atoms with Gasteiger partial charge in [0.25, 0.3) is 0 Å². The predicted molar refractivity (Wildman–Crippen MR) is 74.1 cm³/mol. The molecule has 0 aliphatic heterocycles. The van der Waals surface area contributed by atoms with Crippen LogP contribution in [0.4, 0.5) is 8.78 Å². The van der Waals surface area contributed by atoms with Crippen LogP contribution in [0.5, 0.6) is 0 Å². The highest BCUT2D eigenvalue weighted by atomic mass is 19.1. The average molecular weight is 265 g/mol. The van der Waals surface area contributed by atoms with Gasteiger partial charge in [0.2, 0.25) is 0 Å². The number of allylic oxidation sites excluding steroid dienone is 1. The van der Waals surface area contributed by atoms with Crippen molar-refractivity contribution in [1.82, 2.24) is 5.32 Å². The summed E-state index contributed by atoms with van der Waals surface area (Å²) in [4.78, 5) is 0. The summed E-state index contributed by atoms with van der Waals surface area (Å²) in [5.41, 5.74) is 1.48. The van der Waals surface area contributed by atoms with Gasteiger partial charge in [-0.15, -0.1) is 0 Å². The van der Waals surface area contributed by atoms with Crippen molar-refractivity contribution in [2.45, 2.75) is 44.6 Å². The third-order valence-corrected chi connectivity index (χ3v) is 3.84. The number of benzene rings is 1. The van der Waals surface area contributed by atoms with E-state index in [0.717, 1.165) is 12.8 Å². The number of halogens is 2. The lowest BCUT2D eigenvalue weighted by Crippen LogP contribution is -2.30. The zero-order chi connectivity index (χ0) is 13.7. The molecule has 1 unspecified atom stereocenters. The first-order chi connectivity index (χ1) is 9.22. The molecule has 0 radical (unpaired) electrons. The smallest absolute Gasteiger partial charge is 0.129 e. The third kappa shape index (κ3) is 3.63. The van der Waals surface area contributed by atoms with Crippen molar-refractivity contribution in [3.05, 3.63) is 47.0 Å². The van der Waals surface area contributed by atoms with Crippen LogP contribution in [-0.4, -0.2) is 13.1 Å². The van der Waals surface area contributed by atoms with Gasteiger partial charge in [0.15, 0.2) is 0 Å². The summed E-state index contributed by atoms with van der Waals surface area (Å²) in [6, 6.07) is 4.09. The summed E-state index contributed by atoms with van der Waals surface area (Å²) in [6.07, 6.45) is 8.35. The van der Waals surface area contributed by atoms with E-state index >= 15 is 0 Å². The second-order valence-electron chi connectivity index (χ2n) is 5.12. The Kier molecular flexibility index (Phi) is 5.08. The molecular formula is C16H21F2N. The maximum absolute atomic E-state index is 13.7. The van der Waals surface area contributed by atoms with Gasteiger partial charge in [-0.1, -0.05) is 24.1 Å². The number of likely N-dealkylation sites (N-methyl/N-ethyl adjacent to an activating group) is 1. The standard InChI is InChI=1S/C16H21F2N/c1-19-16(12-7-4-2-3-5-8-12)11-13-14(17)9-6-10-15(13)18/h6-7,9-10,16,19H,2-5,8,11H2,1H3. The Balaban J connectivity index is 2.16. The van der Waals surface area contributed by atoms with E-state index in [1.54, 1.807) is 0 Å². The van der Waals surface area contributed by atoms with E-state index in [2.05, 4.69) is 11.4 Å². The molecule has 3 heteroatoms. The maximum Gasteiger partial charge on any atom is 0.129 e. The predicted octanol–water partition coefficient (Wildman–Crippen LogP) is 3.99. The first-order valence-corrected chi connectivity index (χ1v) is 7.01. The molecule has 2 rings (SSSR count). The third-order valence-electron chi connectivity index (χ3n) is 3.84. The summed E-state index contributed by atoms with van der Waals surface area (Å²) in [5.74, 6) is -0.899. The average Bonchev–Trinajstić information content (AvgIpc) is 2.67. The van der Waals surface area contributed by atoms with E-state index in [0.29, 0.717) is 6.42 Å². The van der Waals surface area contributed by atoms with E-state index in [4.69, 9.17) is 0 Å². The lowest BCUT2D eigenvalue weighted by atomic mass is 9.95. The molecule has 0 amide bonds. The van der Waals surface area contributed by atoms with Gasteiger partial charge < -0.3 is 5.32 Å². The van der Waals surface area contributed by atoms with Crippen LogP contribution in [0.25, 0.3) is 0 Å². The summed E-state index contributed by atoms with van der Waals surface area (Å²) in [7, 11) is 1.86. The highest BCUT2D eigenvalue weighted by Crippen LogP contribution is 2.23. The lowest BCUT2D eigenvalue weighted by Gasteiger charge is -2.20. The molecule has 1 aromatic carbocycles. The SMILES string of the molecule is CNC(Cc1c(F)cccc1F)C1=CCCCCC1. The fourth-order valence-corrected chi connectivity index (χ4v) is 2.71. The lowest BCUT2D eigenvalue weighted by molar-refractivity contribution is 0.522. The molecule has 0 heterocycles. The van der Waals surface area contributed by atoms with E-state index in [1.807, 2.05) is 7.05 Å². The normalized spacial score (nSPS) is 17.7. The molecule has 1 aliphatic rings. The topological polar surface area (TPSA) is 12.0 Å². The van der Waals surface area contributed by atoms with Crippen LogP contribution in [-0.2, 0) is 6.42 Å². The molecule has 0 saturated carbocycles. The van der Waals surface area contributed by atoms with Crippen molar-refractivity contribution in [2.24, 2.45) is 0 Å². The Labute approximate surface area is 113 Å². The van der Waals surface area contributed by atoms with Crippen LogP contribution in [0.15, 0.2) is 29.8 Å². The highest BCUT2D eigenvalue weighted by Gasteiger charge is 2.18. The van der Waals surface area contributed by atoms with E-state index in [1.165, 1.54) is 43.0 Å². The first-order valence-electron chi connectivity index (χ1n) is 7.01. The minimum atomic E-state index is -0.450. The molecular weight excluding hydrogens is 244 g/mol.